The molecule has 2 aromatic rings. The molecule has 7 heteroatoms. The Hall–Kier alpha value is -3.61. The van der Waals surface area contributed by atoms with E-state index in [1.165, 1.54) is 31.4 Å². The summed E-state index contributed by atoms with van der Waals surface area (Å²) in [6, 6.07) is 10.5. The van der Waals surface area contributed by atoms with Crippen LogP contribution in [0, 0.1) is 0 Å². The van der Waals surface area contributed by atoms with Crippen LogP contribution in [-0.2, 0) is 4.79 Å². The first-order chi connectivity index (χ1) is 11.9. The predicted octanol–water partition coefficient (Wildman–Crippen LogP) is 2.74. The first kappa shape index (κ1) is 17.7. The number of carbonyl (C=O) groups excluding carboxylic acids is 1. The summed E-state index contributed by atoms with van der Waals surface area (Å²) in [6.07, 6.45) is 2.78. The first-order valence-electron chi connectivity index (χ1n) is 7.14. The van der Waals surface area contributed by atoms with E-state index < -0.39 is 17.8 Å². The van der Waals surface area contributed by atoms with Crippen LogP contribution in [0.2, 0.25) is 0 Å². The number of nitrogens with one attached hydrogen (secondary N) is 1. The molecule has 0 aromatic heterocycles. The number of ether oxygens (including phenoxy) is 1. The lowest BCUT2D eigenvalue weighted by Crippen LogP contribution is -2.10. The Labute approximate surface area is 143 Å². The van der Waals surface area contributed by atoms with E-state index in [1.54, 1.807) is 24.3 Å². The van der Waals surface area contributed by atoms with Crippen molar-refractivity contribution in [1.82, 2.24) is 0 Å². The number of amides is 1. The van der Waals surface area contributed by atoms with Crippen LogP contribution in [0.25, 0.3) is 6.08 Å². The van der Waals surface area contributed by atoms with Crippen molar-refractivity contribution in [3.63, 3.8) is 0 Å². The van der Waals surface area contributed by atoms with Gasteiger partial charge in [0.25, 0.3) is 0 Å². The Balaban J connectivity index is 2.21. The van der Waals surface area contributed by atoms with E-state index in [1.807, 2.05) is 0 Å². The number of carbonyl (C=O) groups is 3. The first-order valence-corrected chi connectivity index (χ1v) is 7.14. The normalized spacial score (nSPS) is 10.4. The van der Waals surface area contributed by atoms with Gasteiger partial charge in [0.05, 0.1) is 18.2 Å². The number of aromatic carboxylic acids is 2. The number of para-hydroxylation sites is 1. The fourth-order valence-electron chi connectivity index (χ4n) is 2.10. The lowest BCUT2D eigenvalue weighted by atomic mass is 10.1. The molecule has 0 bridgehead atoms. The highest BCUT2D eigenvalue weighted by Crippen LogP contribution is 2.19. The van der Waals surface area contributed by atoms with Crippen LogP contribution in [0.4, 0.5) is 5.69 Å². The van der Waals surface area contributed by atoms with E-state index >= 15 is 0 Å². The van der Waals surface area contributed by atoms with Crippen LogP contribution < -0.4 is 10.1 Å². The second kappa shape index (κ2) is 7.78. The fourth-order valence-corrected chi connectivity index (χ4v) is 2.10. The summed E-state index contributed by atoms with van der Waals surface area (Å²) in [7, 11) is 1.51. The van der Waals surface area contributed by atoms with Crippen molar-refractivity contribution in [2.24, 2.45) is 0 Å². The smallest absolute Gasteiger partial charge is 0.335 e. The SMILES string of the molecule is COc1ccccc1C=CC(=O)Nc1cc(C(=O)O)cc(C(=O)O)c1. The lowest BCUT2D eigenvalue weighted by Gasteiger charge is -2.06. The van der Waals surface area contributed by atoms with Gasteiger partial charge < -0.3 is 20.3 Å². The van der Waals surface area contributed by atoms with Crippen LogP contribution in [-0.4, -0.2) is 35.2 Å². The second-order valence-corrected chi connectivity index (χ2v) is 4.97. The van der Waals surface area contributed by atoms with Gasteiger partial charge >= 0.3 is 11.9 Å². The van der Waals surface area contributed by atoms with Gasteiger partial charge in [-0.1, -0.05) is 18.2 Å². The summed E-state index contributed by atoms with van der Waals surface area (Å²) in [4.78, 5) is 34.1. The van der Waals surface area contributed by atoms with E-state index in [-0.39, 0.29) is 16.8 Å². The Morgan fingerprint density at radius 3 is 2.16 bits per heavy atom. The van der Waals surface area contributed by atoms with E-state index in [9.17, 15) is 14.4 Å². The number of carboxylic acid groups (broad SMARTS) is 2. The van der Waals surface area contributed by atoms with Crippen molar-refractivity contribution in [2.75, 3.05) is 12.4 Å². The number of anilines is 1. The summed E-state index contributed by atoms with van der Waals surface area (Å²) in [5, 5.41) is 20.5. The Morgan fingerprint density at radius 1 is 1.00 bits per heavy atom. The van der Waals surface area contributed by atoms with E-state index in [0.29, 0.717) is 11.3 Å². The zero-order valence-corrected chi connectivity index (χ0v) is 13.2. The standard InChI is InChI=1S/C18H15NO6/c1-25-15-5-3-2-4-11(15)6-7-16(20)19-14-9-12(17(21)22)8-13(10-14)18(23)24/h2-10H,1H3,(H,19,20)(H,21,22)(H,23,24). The lowest BCUT2D eigenvalue weighted by molar-refractivity contribution is -0.111. The molecule has 2 aromatic carbocycles. The van der Waals surface area contributed by atoms with Gasteiger partial charge in [0.2, 0.25) is 5.91 Å². The minimum absolute atomic E-state index is 0.0759. The van der Waals surface area contributed by atoms with Crippen LogP contribution in [0.15, 0.2) is 48.5 Å². The van der Waals surface area contributed by atoms with Gasteiger partial charge in [0, 0.05) is 17.3 Å². The van der Waals surface area contributed by atoms with Crippen LogP contribution in [0.5, 0.6) is 5.75 Å². The molecule has 0 aliphatic rings. The quantitative estimate of drug-likeness (QED) is 0.696. The highest BCUT2D eigenvalue weighted by molar-refractivity contribution is 6.04. The zero-order chi connectivity index (χ0) is 18.4. The topological polar surface area (TPSA) is 113 Å². The summed E-state index contributed by atoms with van der Waals surface area (Å²) in [5.74, 6) is -2.52. The molecular formula is C18H15NO6. The molecule has 0 saturated heterocycles. The number of methoxy groups -OCH3 is 1. The van der Waals surface area contributed by atoms with Gasteiger partial charge in [-0.25, -0.2) is 9.59 Å². The molecule has 3 N–H and O–H groups in total. The molecule has 0 fully saturated rings. The maximum Gasteiger partial charge on any atom is 0.335 e. The van der Waals surface area contributed by atoms with Crippen LogP contribution in [0.1, 0.15) is 26.3 Å². The van der Waals surface area contributed by atoms with E-state index in [2.05, 4.69) is 5.32 Å². The maximum atomic E-state index is 12.0. The predicted molar refractivity (Wildman–Crippen MR) is 91.0 cm³/mol. The van der Waals surface area contributed by atoms with E-state index in [0.717, 1.165) is 6.07 Å². The third-order valence-electron chi connectivity index (χ3n) is 3.25. The molecule has 0 heterocycles. The molecule has 0 spiro atoms. The second-order valence-electron chi connectivity index (χ2n) is 4.97. The van der Waals surface area contributed by atoms with Crippen LogP contribution in [0.3, 0.4) is 0 Å². The average Bonchev–Trinajstić information content (AvgIpc) is 2.59. The fraction of sp³-hybridized carbons (Fsp3) is 0.0556. The maximum absolute atomic E-state index is 12.0. The van der Waals surface area contributed by atoms with Gasteiger partial charge in [-0.3, -0.25) is 4.79 Å². The average molecular weight is 341 g/mol. The summed E-state index contributed by atoms with van der Waals surface area (Å²) >= 11 is 0. The molecule has 0 aliphatic heterocycles. The zero-order valence-electron chi connectivity index (χ0n) is 13.2. The van der Waals surface area contributed by atoms with Crippen molar-refractivity contribution in [3.05, 3.63) is 65.2 Å². The van der Waals surface area contributed by atoms with Gasteiger partial charge in [0.15, 0.2) is 0 Å². The molecule has 25 heavy (non-hydrogen) atoms. The molecule has 0 unspecified atom stereocenters. The minimum Gasteiger partial charge on any atom is -0.496 e. The number of rotatable bonds is 6. The van der Waals surface area contributed by atoms with Crippen LogP contribution >= 0.6 is 0 Å². The molecular weight excluding hydrogens is 326 g/mol. The van der Waals surface area contributed by atoms with E-state index in [4.69, 9.17) is 14.9 Å². The molecule has 0 aliphatic carbocycles. The van der Waals surface area contributed by atoms with Crippen molar-refractivity contribution in [3.8, 4) is 5.75 Å². The summed E-state index contributed by atoms with van der Waals surface area (Å²) in [5.41, 5.74) is 0.297. The number of hydrogen-bond donors (Lipinski definition) is 3. The van der Waals surface area contributed by atoms with Gasteiger partial charge in [-0.15, -0.1) is 0 Å². The number of carboxylic acids is 2. The Morgan fingerprint density at radius 2 is 1.60 bits per heavy atom. The molecule has 0 atom stereocenters. The summed E-state index contributed by atoms with van der Waals surface area (Å²) < 4.78 is 5.17. The largest absolute Gasteiger partial charge is 0.496 e. The van der Waals surface area contributed by atoms with Crippen molar-refractivity contribution in [1.29, 1.82) is 0 Å². The van der Waals surface area contributed by atoms with Gasteiger partial charge in [-0.2, -0.15) is 0 Å². The minimum atomic E-state index is -1.29. The number of hydrogen-bond acceptors (Lipinski definition) is 4. The Kier molecular flexibility index (Phi) is 5.52. The molecule has 0 saturated carbocycles. The van der Waals surface area contributed by atoms with Gasteiger partial charge in [0.1, 0.15) is 5.75 Å². The van der Waals surface area contributed by atoms with Crippen molar-refractivity contribution in [2.45, 2.75) is 0 Å². The third kappa shape index (κ3) is 4.68. The molecule has 1 amide bonds. The Bertz CT molecular complexity index is 824. The highest BCUT2D eigenvalue weighted by atomic mass is 16.5. The molecule has 128 valence electrons. The number of benzene rings is 2. The third-order valence-corrected chi connectivity index (χ3v) is 3.25. The monoisotopic (exact) mass is 341 g/mol. The van der Waals surface area contributed by atoms with Crippen molar-refractivity contribution < 1.29 is 29.3 Å². The molecule has 0 radical (unpaired) electrons. The highest BCUT2D eigenvalue weighted by Gasteiger charge is 2.12. The van der Waals surface area contributed by atoms with Crippen molar-refractivity contribution >= 4 is 29.6 Å². The van der Waals surface area contributed by atoms with Gasteiger partial charge in [-0.05, 0) is 30.3 Å². The molecule has 7 nitrogen and oxygen atoms in total. The molecule has 2 rings (SSSR count). The summed E-state index contributed by atoms with van der Waals surface area (Å²) in [6.45, 7) is 0.